The molecule has 1 aliphatic rings. The lowest BCUT2D eigenvalue weighted by molar-refractivity contribution is 0.147. The van der Waals surface area contributed by atoms with Crippen LogP contribution >= 0.6 is 0 Å². The lowest BCUT2D eigenvalue weighted by Crippen LogP contribution is -2.23. The molecule has 1 N–H and O–H groups in total. The van der Waals surface area contributed by atoms with Crippen LogP contribution in [0, 0.1) is 17.2 Å². The summed E-state index contributed by atoms with van der Waals surface area (Å²) in [6, 6.07) is 2.03. The van der Waals surface area contributed by atoms with Gasteiger partial charge in [-0.05, 0) is 6.42 Å². The van der Waals surface area contributed by atoms with E-state index < -0.39 is 6.10 Å². The van der Waals surface area contributed by atoms with E-state index >= 15 is 0 Å². The molecule has 3 rings (SSSR count). The minimum Gasteiger partial charge on any atom is -0.391 e. The van der Waals surface area contributed by atoms with E-state index in [0.29, 0.717) is 25.3 Å². The Bertz CT molecular complexity index is 656. The third-order valence-electron chi connectivity index (χ3n) is 3.58. The van der Waals surface area contributed by atoms with Crippen molar-refractivity contribution < 1.29 is 5.11 Å². The first-order valence-electron chi connectivity index (χ1n) is 6.67. The SMILES string of the molecule is N#Cc1nccnc1N1C[C@@H](Cc2cnccn2)[C@H](O)C1. The highest BCUT2D eigenvalue weighted by Crippen LogP contribution is 2.26. The van der Waals surface area contributed by atoms with Crippen molar-refractivity contribution in [2.45, 2.75) is 12.5 Å². The van der Waals surface area contributed by atoms with Crippen LogP contribution in [-0.4, -0.2) is 44.2 Å². The van der Waals surface area contributed by atoms with Gasteiger partial charge in [-0.1, -0.05) is 0 Å². The topological polar surface area (TPSA) is 98.8 Å². The Hall–Kier alpha value is -2.59. The molecule has 2 atom stereocenters. The van der Waals surface area contributed by atoms with Crippen LogP contribution in [0.4, 0.5) is 5.82 Å². The van der Waals surface area contributed by atoms with Gasteiger partial charge in [0.05, 0.1) is 11.8 Å². The molecule has 0 spiro atoms. The maximum atomic E-state index is 10.2. The van der Waals surface area contributed by atoms with Gasteiger partial charge in [0, 0.05) is 50.0 Å². The average Bonchev–Trinajstić information content (AvgIpc) is 2.89. The van der Waals surface area contributed by atoms with E-state index in [0.717, 1.165) is 5.69 Å². The van der Waals surface area contributed by atoms with E-state index in [2.05, 4.69) is 19.9 Å². The minimum atomic E-state index is -0.486. The third-order valence-corrected chi connectivity index (χ3v) is 3.58. The summed E-state index contributed by atoms with van der Waals surface area (Å²) in [4.78, 5) is 18.4. The molecular formula is C14H14N6O. The van der Waals surface area contributed by atoms with Crippen LogP contribution in [-0.2, 0) is 6.42 Å². The molecule has 21 heavy (non-hydrogen) atoms. The van der Waals surface area contributed by atoms with E-state index in [1.54, 1.807) is 24.8 Å². The Labute approximate surface area is 121 Å². The molecule has 0 bridgehead atoms. The molecule has 0 radical (unpaired) electrons. The Balaban J connectivity index is 1.76. The molecule has 1 fully saturated rings. The number of rotatable bonds is 3. The maximum absolute atomic E-state index is 10.2. The second-order valence-corrected chi connectivity index (χ2v) is 4.97. The lowest BCUT2D eigenvalue weighted by Gasteiger charge is -2.17. The van der Waals surface area contributed by atoms with Crippen molar-refractivity contribution in [3.63, 3.8) is 0 Å². The summed E-state index contributed by atoms with van der Waals surface area (Å²) in [5, 5.41) is 19.3. The standard InChI is InChI=1S/C14H14N6O/c15-6-12-14(19-4-3-18-12)20-8-10(13(21)9-20)5-11-7-16-1-2-17-11/h1-4,7,10,13,21H,5,8-9H2/t10-,13-/m1/s1. The normalized spacial score (nSPS) is 21.2. The molecule has 0 aromatic carbocycles. The Kier molecular flexibility index (Phi) is 3.71. The fourth-order valence-electron chi connectivity index (χ4n) is 2.57. The molecule has 2 aromatic heterocycles. The molecule has 0 unspecified atom stereocenters. The molecule has 3 heterocycles. The predicted molar refractivity (Wildman–Crippen MR) is 74.2 cm³/mol. The highest BCUT2D eigenvalue weighted by atomic mass is 16.3. The molecule has 2 aromatic rings. The first-order chi connectivity index (χ1) is 10.3. The first-order valence-corrected chi connectivity index (χ1v) is 6.67. The number of aromatic nitrogens is 4. The number of nitriles is 1. The van der Waals surface area contributed by atoms with Crippen molar-refractivity contribution in [1.82, 2.24) is 19.9 Å². The summed E-state index contributed by atoms with van der Waals surface area (Å²) in [7, 11) is 0. The molecular weight excluding hydrogens is 268 g/mol. The minimum absolute atomic E-state index is 0.0373. The maximum Gasteiger partial charge on any atom is 0.183 e. The molecule has 106 valence electrons. The van der Waals surface area contributed by atoms with Gasteiger partial charge in [0.25, 0.3) is 0 Å². The molecule has 0 amide bonds. The summed E-state index contributed by atoms with van der Waals surface area (Å²) in [6.07, 6.45) is 8.18. The van der Waals surface area contributed by atoms with E-state index in [9.17, 15) is 5.11 Å². The van der Waals surface area contributed by atoms with E-state index in [1.807, 2.05) is 11.0 Å². The zero-order valence-corrected chi connectivity index (χ0v) is 11.3. The predicted octanol–water partition coefficient (Wildman–Crippen LogP) is 0.178. The summed E-state index contributed by atoms with van der Waals surface area (Å²) in [5.41, 5.74) is 1.13. The fourth-order valence-corrected chi connectivity index (χ4v) is 2.57. The molecule has 1 saturated heterocycles. The van der Waals surface area contributed by atoms with E-state index in [1.165, 1.54) is 6.20 Å². The molecule has 7 heteroatoms. The summed E-state index contributed by atoms with van der Waals surface area (Å²) in [5.74, 6) is 0.566. The Morgan fingerprint density at radius 3 is 2.76 bits per heavy atom. The van der Waals surface area contributed by atoms with Gasteiger partial charge in [-0.2, -0.15) is 5.26 Å². The largest absolute Gasteiger partial charge is 0.391 e. The van der Waals surface area contributed by atoms with Gasteiger partial charge in [-0.3, -0.25) is 9.97 Å². The molecule has 1 aliphatic heterocycles. The summed E-state index contributed by atoms with van der Waals surface area (Å²) < 4.78 is 0. The molecule has 0 aliphatic carbocycles. The second kappa shape index (κ2) is 5.81. The fraction of sp³-hybridized carbons (Fsp3) is 0.357. The number of aliphatic hydroxyl groups excluding tert-OH is 1. The zero-order valence-electron chi connectivity index (χ0n) is 11.3. The second-order valence-electron chi connectivity index (χ2n) is 4.97. The van der Waals surface area contributed by atoms with E-state index in [4.69, 9.17) is 5.26 Å². The third kappa shape index (κ3) is 2.80. The van der Waals surface area contributed by atoms with Crippen LogP contribution in [0.1, 0.15) is 11.4 Å². The van der Waals surface area contributed by atoms with Crippen LogP contribution in [0.25, 0.3) is 0 Å². The van der Waals surface area contributed by atoms with Gasteiger partial charge >= 0.3 is 0 Å². The molecule has 0 saturated carbocycles. The van der Waals surface area contributed by atoms with Crippen molar-refractivity contribution in [2.75, 3.05) is 18.0 Å². The summed E-state index contributed by atoms with van der Waals surface area (Å²) >= 11 is 0. The van der Waals surface area contributed by atoms with Crippen LogP contribution in [0.3, 0.4) is 0 Å². The molecule has 7 nitrogen and oxygen atoms in total. The Morgan fingerprint density at radius 2 is 2.00 bits per heavy atom. The van der Waals surface area contributed by atoms with Crippen molar-refractivity contribution in [3.8, 4) is 6.07 Å². The number of β-amino-alcohol motifs (C(OH)–C–C–N with tert-alkyl or cyclic N) is 1. The number of hydrogen-bond acceptors (Lipinski definition) is 7. The van der Waals surface area contributed by atoms with Gasteiger partial charge < -0.3 is 10.0 Å². The van der Waals surface area contributed by atoms with Crippen molar-refractivity contribution in [3.05, 3.63) is 42.4 Å². The summed E-state index contributed by atoms with van der Waals surface area (Å²) in [6.45, 7) is 1.06. The first kappa shape index (κ1) is 13.4. The monoisotopic (exact) mass is 282 g/mol. The number of hydrogen-bond donors (Lipinski definition) is 1. The average molecular weight is 282 g/mol. The van der Waals surface area contributed by atoms with Gasteiger partial charge in [-0.15, -0.1) is 0 Å². The van der Waals surface area contributed by atoms with Gasteiger partial charge in [0.2, 0.25) is 0 Å². The van der Waals surface area contributed by atoms with Gasteiger partial charge in [0.15, 0.2) is 11.5 Å². The number of aliphatic hydroxyl groups is 1. The van der Waals surface area contributed by atoms with Crippen LogP contribution in [0.5, 0.6) is 0 Å². The van der Waals surface area contributed by atoms with Crippen molar-refractivity contribution >= 4 is 5.82 Å². The van der Waals surface area contributed by atoms with Crippen LogP contribution in [0.2, 0.25) is 0 Å². The smallest absolute Gasteiger partial charge is 0.183 e. The zero-order chi connectivity index (χ0) is 14.7. The van der Waals surface area contributed by atoms with Crippen LogP contribution < -0.4 is 4.90 Å². The van der Waals surface area contributed by atoms with E-state index in [-0.39, 0.29) is 11.6 Å². The highest BCUT2D eigenvalue weighted by molar-refractivity contribution is 5.50. The Morgan fingerprint density at radius 1 is 1.19 bits per heavy atom. The quantitative estimate of drug-likeness (QED) is 0.857. The highest BCUT2D eigenvalue weighted by Gasteiger charge is 2.33. The van der Waals surface area contributed by atoms with Crippen molar-refractivity contribution in [2.24, 2.45) is 5.92 Å². The lowest BCUT2D eigenvalue weighted by atomic mass is 10.0. The van der Waals surface area contributed by atoms with Crippen molar-refractivity contribution in [1.29, 1.82) is 5.26 Å². The number of nitrogens with zero attached hydrogens (tertiary/aromatic N) is 6. The number of anilines is 1. The van der Waals surface area contributed by atoms with Gasteiger partial charge in [0.1, 0.15) is 6.07 Å². The van der Waals surface area contributed by atoms with Crippen LogP contribution in [0.15, 0.2) is 31.0 Å². The van der Waals surface area contributed by atoms with Gasteiger partial charge in [-0.25, -0.2) is 9.97 Å².